The summed E-state index contributed by atoms with van der Waals surface area (Å²) in [6.45, 7) is 1.94. The molecule has 13 heteroatoms. The number of nitrogens with one attached hydrogen (secondary N) is 1. The molecule has 0 spiro atoms. The van der Waals surface area contributed by atoms with Crippen LogP contribution in [-0.2, 0) is 43.0 Å². The Labute approximate surface area is 304 Å². The van der Waals surface area contributed by atoms with Crippen molar-refractivity contribution in [2.75, 3.05) is 38.7 Å². The molecule has 1 fully saturated rings. The number of hydrogen-bond acceptors (Lipinski definition) is 9. The fourth-order valence-electron chi connectivity index (χ4n) is 7.20. The van der Waals surface area contributed by atoms with Crippen LogP contribution in [0.25, 0.3) is 0 Å². The van der Waals surface area contributed by atoms with Gasteiger partial charge in [-0.3, -0.25) is 14.6 Å². The topological polar surface area (TPSA) is 138 Å². The van der Waals surface area contributed by atoms with Crippen molar-refractivity contribution in [1.29, 1.82) is 0 Å². The number of methoxy groups -OCH3 is 1. The van der Waals surface area contributed by atoms with Gasteiger partial charge in [0.25, 0.3) is 15.9 Å². The van der Waals surface area contributed by atoms with Crippen LogP contribution in [0.2, 0.25) is 5.02 Å². The summed E-state index contributed by atoms with van der Waals surface area (Å²) in [7, 11) is -1.09. The molecule has 0 unspecified atom stereocenters. The summed E-state index contributed by atoms with van der Waals surface area (Å²) in [5.74, 6) is -0.633. The maximum atomic E-state index is 14.1. The van der Waals surface area contributed by atoms with Crippen molar-refractivity contribution in [1.82, 2.24) is 14.6 Å². The Balaban J connectivity index is 1.45. The Kier molecular flexibility index (Phi) is 11.4. The van der Waals surface area contributed by atoms with Crippen molar-refractivity contribution >= 4 is 39.1 Å². The normalized spacial score (nSPS) is 25.3. The van der Waals surface area contributed by atoms with Crippen molar-refractivity contribution in [3.05, 3.63) is 94.8 Å². The maximum Gasteiger partial charge on any atom is 0.270 e. The van der Waals surface area contributed by atoms with Crippen LogP contribution in [0.1, 0.15) is 55.2 Å². The molecule has 2 aliphatic heterocycles. The number of rotatable bonds is 4. The van der Waals surface area contributed by atoms with Crippen LogP contribution in [0.15, 0.2) is 78.0 Å². The number of ether oxygens (including phenoxy) is 2. The van der Waals surface area contributed by atoms with Gasteiger partial charge in [0.1, 0.15) is 12.4 Å². The highest BCUT2D eigenvalue weighted by Gasteiger charge is 2.44. The molecular weight excluding hydrogens is 692 g/mol. The summed E-state index contributed by atoms with van der Waals surface area (Å²) < 4.78 is 41.1. The van der Waals surface area contributed by atoms with Crippen molar-refractivity contribution in [2.24, 2.45) is 11.8 Å². The largest absolute Gasteiger partial charge is 0.487 e. The molecule has 11 nitrogen and oxygen atoms in total. The first kappa shape index (κ1) is 36.8. The molecule has 0 saturated heterocycles. The zero-order valence-corrected chi connectivity index (χ0v) is 30.5. The Morgan fingerprint density at radius 1 is 1.08 bits per heavy atom. The van der Waals surface area contributed by atoms with Gasteiger partial charge in [-0.1, -0.05) is 35.9 Å². The number of carbonyl (C=O) groups is 2. The van der Waals surface area contributed by atoms with Gasteiger partial charge in [0.15, 0.2) is 5.60 Å². The fourth-order valence-corrected chi connectivity index (χ4v) is 8.41. The average Bonchev–Trinajstić information content (AvgIpc) is 3.14. The van der Waals surface area contributed by atoms with E-state index >= 15 is 0 Å². The summed E-state index contributed by atoms with van der Waals surface area (Å²) in [5, 5.41) is 13.0. The molecule has 3 heterocycles. The van der Waals surface area contributed by atoms with E-state index in [2.05, 4.69) is 16.0 Å². The van der Waals surface area contributed by atoms with Gasteiger partial charge in [-0.25, -0.2) is 13.1 Å². The summed E-state index contributed by atoms with van der Waals surface area (Å²) in [4.78, 5) is 35.1. The average molecular weight is 737 g/mol. The quantitative estimate of drug-likeness (QED) is 0.355. The first-order chi connectivity index (χ1) is 24.5. The predicted octanol–water partition coefficient (Wildman–Crippen LogP) is 5.00. The number of fused-ring (bicyclic) bond motifs is 3. The van der Waals surface area contributed by atoms with Crippen LogP contribution >= 0.6 is 11.6 Å². The van der Waals surface area contributed by atoms with Crippen LogP contribution in [0.5, 0.6) is 5.75 Å². The van der Waals surface area contributed by atoms with Gasteiger partial charge in [0.05, 0.1) is 23.1 Å². The highest BCUT2D eigenvalue weighted by molar-refractivity contribution is 7.90. The minimum Gasteiger partial charge on any atom is -0.487 e. The molecular formula is C38H45ClN4O7S. The molecule has 0 radical (unpaired) electrons. The monoisotopic (exact) mass is 736 g/mol. The smallest absolute Gasteiger partial charge is 0.270 e. The van der Waals surface area contributed by atoms with Gasteiger partial charge in [-0.05, 0) is 103 Å². The third kappa shape index (κ3) is 8.25. The van der Waals surface area contributed by atoms with E-state index in [1.807, 2.05) is 29.0 Å². The van der Waals surface area contributed by atoms with Crippen LogP contribution in [0, 0.1) is 11.8 Å². The molecule has 2 amide bonds. The molecule has 1 aliphatic carbocycles. The van der Waals surface area contributed by atoms with Crippen LogP contribution in [-0.4, -0.2) is 75.1 Å². The van der Waals surface area contributed by atoms with Crippen molar-refractivity contribution in [2.45, 2.75) is 68.2 Å². The third-order valence-electron chi connectivity index (χ3n) is 10.4. The number of hydrogen-bond donors (Lipinski definition) is 2. The number of aromatic nitrogens is 1. The molecule has 2 bridgehead atoms. The van der Waals surface area contributed by atoms with Crippen molar-refractivity contribution < 1.29 is 32.6 Å². The molecule has 3 aromatic rings. The number of amides is 2. The van der Waals surface area contributed by atoms with Gasteiger partial charge in [0.2, 0.25) is 5.91 Å². The zero-order valence-electron chi connectivity index (χ0n) is 29.0. The second-order valence-corrected chi connectivity index (χ2v) is 15.8. The second-order valence-electron chi connectivity index (χ2n) is 13.7. The van der Waals surface area contributed by atoms with Crippen LogP contribution in [0.4, 0.5) is 5.69 Å². The SMILES string of the molecule is CO[C@H]1/C=C/CCN(C)C(=O)C[C@](O)(C(=O)NS(=O)(=O)c2ccncc2)c2ccc3c(c2)N(CCCCc2cc(Cl)ccc2CO3)C[C@@H]2CC[C@H]21. The molecule has 3 aliphatic rings. The lowest BCUT2D eigenvalue weighted by Gasteiger charge is -2.43. The van der Waals surface area contributed by atoms with E-state index in [1.165, 1.54) is 35.5 Å². The molecule has 51 heavy (non-hydrogen) atoms. The minimum atomic E-state index is -4.41. The highest BCUT2D eigenvalue weighted by atomic mass is 35.5. The highest BCUT2D eigenvalue weighted by Crippen LogP contribution is 2.43. The van der Waals surface area contributed by atoms with Gasteiger partial charge in [-0.15, -0.1) is 0 Å². The lowest BCUT2D eigenvalue weighted by atomic mass is 9.70. The van der Waals surface area contributed by atoms with E-state index in [-0.39, 0.29) is 29.1 Å². The minimum absolute atomic E-state index is 0.0703. The molecule has 2 aromatic carbocycles. The van der Waals surface area contributed by atoms with Gasteiger partial charge in [-0.2, -0.15) is 0 Å². The molecule has 6 rings (SSSR count). The number of carbonyl (C=O) groups excluding carboxylic acids is 2. The van der Waals surface area contributed by atoms with E-state index in [4.69, 9.17) is 21.1 Å². The van der Waals surface area contributed by atoms with E-state index in [0.717, 1.165) is 43.2 Å². The number of aliphatic hydroxyl groups is 1. The summed E-state index contributed by atoms with van der Waals surface area (Å²) in [6.07, 6.45) is 11.0. The number of anilines is 1. The van der Waals surface area contributed by atoms with E-state index in [0.29, 0.717) is 48.4 Å². The number of pyridine rings is 1. The summed E-state index contributed by atoms with van der Waals surface area (Å²) in [5.41, 5.74) is 0.313. The lowest BCUT2D eigenvalue weighted by Crippen LogP contribution is -2.49. The second kappa shape index (κ2) is 15.7. The van der Waals surface area contributed by atoms with Gasteiger partial charge < -0.3 is 24.4 Å². The molecule has 272 valence electrons. The Morgan fingerprint density at radius 2 is 1.88 bits per heavy atom. The van der Waals surface area contributed by atoms with E-state index in [1.54, 1.807) is 26.3 Å². The number of aryl methyl sites for hydroxylation is 1. The standard InChI is InChI=1S/C38H45ClN4O7S/c1-42-19-5-4-8-34(49-2)32-13-10-27(32)24-43-20-6-3-7-26-21-30(39)12-9-28(26)25-50-35-14-11-29(22-33(35)43)38(46,23-36(42)44)37(45)41-51(47,48)31-15-17-40-18-16-31/h4,8-9,11-12,14-18,21-22,27,32,34,46H,3,5-7,10,13,19-20,23-25H2,1-2H3,(H,41,45)/b8-4+/t27-,32+,34-,38+/m0/s1. The van der Waals surface area contributed by atoms with Gasteiger partial charge in [0, 0.05) is 51.2 Å². The van der Waals surface area contributed by atoms with Crippen molar-refractivity contribution in [3.63, 3.8) is 0 Å². The Morgan fingerprint density at radius 3 is 2.63 bits per heavy atom. The molecule has 1 saturated carbocycles. The van der Waals surface area contributed by atoms with Gasteiger partial charge >= 0.3 is 0 Å². The number of halogens is 1. The first-order valence-electron chi connectivity index (χ1n) is 17.4. The van der Waals surface area contributed by atoms with E-state index in [9.17, 15) is 23.1 Å². The number of benzene rings is 2. The first-order valence-corrected chi connectivity index (χ1v) is 19.3. The van der Waals surface area contributed by atoms with E-state index < -0.39 is 33.9 Å². The van der Waals surface area contributed by atoms with Crippen LogP contribution in [0.3, 0.4) is 0 Å². The predicted molar refractivity (Wildman–Crippen MR) is 194 cm³/mol. The molecule has 2 N–H and O–H groups in total. The fraction of sp³-hybridized carbons (Fsp3) is 0.447. The number of nitrogens with zero attached hydrogens (tertiary/aromatic N) is 3. The summed E-state index contributed by atoms with van der Waals surface area (Å²) >= 11 is 6.37. The van der Waals surface area contributed by atoms with Crippen LogP contribution < -0.4 is 14.4 Å². The molecule has 4 atom stereocenters. The maximum absolute atomic E-state index is 14.1. The Hall–Kier alpha value is -3.97. The lowest BCUT2D eigenvalue weighted by molar-refractivity contribution is -0.148. The zero-order chi connectivity index (χ0) is 36.2. The third-order valence-corrected chi connectivity index (χ3v) is 12.0. The van der Waals surface area contributed by atoms with Crippen molar-refractivity contribution in [3.8, 4) is 5.75 Å². The number of sulfonamides is 1. The summed E-state index contributed by atoms with van der Waals surface area (Å²) in [6, 6.07) is 13.2. The Bertz CT molecular complexity index is 1870. The molecule has 1 aromatic heterocycles.